The molecule has 3 rings (SSSR count). The Balaban J connectivity index is 1.78. The van der Waals surface area contributed by atoms with Crippen LogP contribution in [0.3, 0.4) is 0 Å². The van der Waals surface area contributed by atoms with Crippen LogP contribution in [-0.4, -0.2) is 53.5 Å². The van der Waals surface area contributed by atoms with Gasteiger partial charge in [0.1, 0.15) is 24.7 Å². The molecule has 0 saturated heterocycles. The van der Waals surface area contributed by atoms with Gasteiger partial charge in [0.2, 0.25) is 0 Å². The van der Waals surface area contributed by atoms with Crippen molar-refractivity contribution < 1.29 is 36.5 Å². The Hall–Kier alpha value is -3.32. The molecular weight excluding hydrogens is 484 g/mol. The molecule has 4 N–H and O–H groups in total. The van der Waals surface area contributed by atoms with Gasteiger partial charge in [-0.15, -0.1) is 0 Å². The fourth-order valence-corrected chi connectivity index (χ4v) is 4.99. The number of para-hydroxylation sites is 2. The zero-order valence-electron chi connectivity index (χ0n) is 17.9. The molecule has 0 spiro atoms. The maximum atomic E-state index is 12.8. The lowest BCUT2D eigenvalue weighted by Crippen LogP contribution is -2.17. The molecule has 0 atom stereocenters. The van der Waals surface area contributed by atoms with Crippen molar-refractivity contribution in [1.82, 2.24) is 0 Å². The first-order chi connectivity index (χ1) is 16.2. The van der Waals surface area contributed by atoms with Crippen molar-refractivity contribution in [3.8, 4) is 11.5 Å². The van der Waals surface area contributed by atoms with Gasteiger partial charge in [-0.3, -0.25) is 9.44 Å². The van der Waals surface area contributed by atoms with E-state index in [4.69, 9.17) is 19.7 Å². The van der Waals surface area contributed by atoms with E-state index in [1.807, 2.05) is 0 Å². The minimum absolute atomic E-state index is 0.0366. The highest BCUT2D eigenvalue weighted by Gasteiger charge is 2.20. The Morgan fingerprint density at radius 2 is 0.941 bits per heavy atom. The van der Waals surface area contributed by atoms with E-state index in [2.05, 4.69) is 9.44 Å². The van der Waals surface area contributed by atoms with Gasteiger partial charge in [-0.1, -0.05) is 12.1 Å². The van der Waals surface area contributed by atoms with Crippen LogP contribution in [0.2, 0.25) is 0 Å². The van der Waals surface area contributed by atoms with Gasteiger partial charge in [0.25, 0.3) is 20.0 Å². The van der Waals surface area contributed by atoms with Crippen molar-refractivity contribution in [2.24, 2.45) is 0 Å². The first-order valence-electron chi connectivity index (χ1n) is 10.1. The molecule has 0 fully saturated rings. The van der Waals surface area contributed by atoms with E-state index in [1.165, 1.54) is 60.7 Å². The molecule has 182 valence electrons. The predicted molar refractivity (Wildman–Crippen MR) is 126 cm³/mol. The van der Waals surface area contributed by atoms with E-state index < -0.39 is 20.0 Å². The number of benzene rings is 3. The summed E-state index contributed by atoms with van der Waals surface area (Å²) in [6, 6.07) is 17.1. The lowest BCUT2D eigenvalue weighted by atomic mass is 10.3. The quantitative estimate of drug-likeness (QED) is 0.290. The SMILES string of the molecule is O=S(=O)(Nc1ccccc1NS(=O)(=O)c1ccc(OCCO)cc1)c1ccc(OCCO)cc1. The first-order valence-corrected chi connectivity index (χ1v) is 13.0. The molecule has 0 aliphatic rings. The Morgan fingerprint density at radius 3 is 1.26 bits per heavy atom. The summed E-state index contributed by atoms with van der Waals surface area (Å²) in [7, 11) is -8.07. The molecular formula is C22H24N2O8S2. The number of anilines is 2. The number of sulfonamides is 2. The standard InChI is InChI=1S/C22H24N2O8S2/c25-13-15-31-17-5-9-19(10-6-17)33(27,28)23-21-3-1-2-4-22(21)24-34(29,30)20-11-7-18(8-12-20)32-16-14-26/h1-12,23-26H,13-16H2. The van der Waals surface area contributed by atoms with Crippen LogP contribution in [0.1, 0.15) is 0 Å². The van der Waals surface area contributed by atoms with Gasteiger partial charge < -0.3 is 19.7 Å². The fraction of sp³-hybridized carbons (Fsp3) is 0.182. The Kier molecular flexibility index (Phi) is 8.34. The Bertz CT molecular complexity index is 1190. The van der Waals surface area contributed by atoms with Gasteiger partial charge >= 0.3 is 0 Å². The van der Waals surface area contributed by atoms with E-state index in [9.17, 15) is 16.8 Å². The van der Waals surface area contributed by atoms with Gasteiger partial charge in [-0.05, 0) is 60.7 Å². The summed E-state index contributed by atoms with van der Waals surface area (Å²) in [6.45, 7) is -0.182. The minimum atomic E-state index is -4.03. The summed E-state index contributed by atoms with van der Waals surface area (Å²) in [4.78, 5) is -0.111. The van der Waals surface area contributed by atoms with Crippen molar-refractivity contribution in [2.75, 3.05) is 35.9 Å². The highest BCUT2D eigenvalue weighted by Crippen LogP contribution is 2.28. The second-order valence-electron chi connectivity index (χ2n) is 6.84. The molecule has 12 heteroatoms. The normalized spacial score (nSPS) is 11.6. The topological polar surface area (TPSA) is 151 Å². The summed E-state index contributed by atoms with van der Waals surface area (Å²) in [5.74, 6) is 0.794. The number of hydrogen-bond acceptors (Lipinski definition) is 8. The van der Waals surface area contributed by atoms with Crippen LogP contribution in [0.5, 0.6) is 11.5 Å². The summed E-state index contributed by atoms with van der Waals surface area (Å²) in [6.07, 6.45) is 0. The van der Waals surface area contributed by atoms with Crippen molar-refractivity contribution >= 4 is 31.4 Å². The van der Waals surface area contributed by atoms with Crippen molar-refractivity contribution in [3.63, 3.8) is 0 Å². The van der Waals surface area contributed by atoms with Crippen LogP contribution in [0, 0.1) is 0 Å². The zero-order valence-corrected chi connectivity index (χ0v) is 19.6. The molecule has 10 nitrogen and oxygen atoms in total. The molecule has 0 aliphatic heterocycles. The second kappa shape index (κ2) is 11.2. The average molecular weight is 509 g/mol. The predicted octanol–water partition coefficient (Wildman–Crippen LogP) is 2.03. The van der Waals surface area contributed by atoms with Gasteiger partial charge in [0, 0.05) is 0 Å². The van der Waals surface area contributed by atoms with Crippen LogP contribution in [0.4, 0.5) is 11.4 Å². The van der Waals surface area contributed by atoms with Gasteiger partial charge in [0.05, 0.1) is 34.4 Å². The largest absolute Gasteiger partial charge is 0.491 e. The van der Waals surface area contributed by atoms with Crippen molar-refractivity contribution in [2.45, 2.75) is 9.79 Å². The monoisotopic (exact) mass is 508 g/mol. The van der Waals surface area contributed by atoms with E-state index >= 15 is 0 Å². The molecule has 0 radical (unpaired) electrons. The molecule has 0 heterocycles. The maximum absolute atomic E-state index is 12.8. The van der Waals surface area contributed by atoms with Gasteiger partial charge in [0.15, 0.2) is 0 Å². The number of rotatable bonds is 12. The number of aliphatic hydroxyl groups excluding tert-OH is 2. The lowest BCUT2D eigenvalue weighted by molar-refractivity contribution is 0.201. The van der Waals surface area contributed by atoms with E-state index in [1.54, 1.807) is 12.1 Å². The second-order valence-corrected chi connectivity index (χ2v) is 10.2. The molecule has 3 aromatic rings. The molecule has 3 aromatic carbocycles. The summed E-state index contributed by atoms with van der Waals surface area (Å²) in [5.41, 5.74) is 0.0733. The van der Waals surface area contributed by atoms with Crippen LogP contribution >= 0.6 is 0 Å². The van der Waals surface area contributed by atoms with Gasteiger partial charge in [-0.2, -0.15) is 0 Å². The third-order valence-electron chi connectivity index (χ3n) is 4.40. The smallest absolute Gasteiger partial charge is 0.261 e. The number of nitrogens with one attached hydrogen (secondary N) is 2. The molecule has 0 amide bonds. The zero-order chi connectivity index (χ0) is 24.6. The highest BCUT2D eigenvalue weighted by molar-refractivity contribution is 7.93. The summed E-state index contributed by atoms with van der Waals surface area (Å²) < 4.78 is 66.6. The van der Waals surface area contributed by atoms with Crippen LogP contribution in [-0.2, 0) is 20.0 Å². The van der Waals surface area contributed by atoms with Crippen molar-refractivity contribution in [1.29, 1.82) is 0 Å². The highest BCUT2D eigenvalue weighted by atomic mass is 32.2. The van der Waals surface area contributed by atoms with Crippen LogP contribution < -0.4 is 18.9 Å². The van der Waals surface area contributed by atoms with E-state index in [0.717, 1.165) is 0 Å². The molecule has 0 aliphatic carbocycles. The molecule has 34 heavy (non-hydrogen) atoms. The third kappa shape index (κ3) is 6.60. The molecule has 0 aromatic heterocycles. The third-order valence-corrected chi connectivity index (χ3v) is 7.17. The molecule has 0 saturated carbocycles. The summed E-state index contributed by atoms with van der Waals surface area (Å²) in [5, 5.41) is 17.6. The lowest BCUT2D eigenvalue weighted by Gasteiger charge is -2.15. The number of hydrogen-bond donors (Lipinski definition) is 4. The van der Waals surface area contributed by atoms with Crippen LogP contribution in [0.25, 0.3) is 0 Å². The average Bonchev–Trinajstić information content (AvgIpc) is 2.83. The molecule has 0 unspecified atom stereocenters. The first kappa shape index (κ1) is 25.3. The van der Waals surface area contributed by atoms with Crippen molar-refractivity contribution in [3.05, 3.63) is 72.8 Å². The minimum Gasteiger partial charge on any atom is -0.491 e. The van der Waals surface area contributed by atoms with E-state index in [0.29, 0.717) is 11.5 Å². The summed E-state index contributed by atoms with van der Waals surface area (Å²) >= 11 is 0. The fourth-order valence-electron chi connectivity index (χ4n) is 2.83. The maximum Gasteiger partial charge on any atom is 0.261 e. The Morgan fingerprint density at radius 1 is 0.588 bits per heavy atom. The van der Waals surface area contributed by atoms with Gasteiger partial charge in [-0.25, -0.2) is 16.8 Å². The Labute approximate surface area is 197 Å². The van der Waals surface area contributed by atoms with E-state index in [-0.39, 0.29) is 47.6 Å². The number of aliphatic hydroxyl groups is 2. The number of ether oxygens (including phenoxy) is 2. The molecule has 0 bridgehead atoms. The van der Waals surface area contributed by atoms with Crippen LogP contribution in [0.15, 0.2) is 82.6 Å².